The van der Waals surface area contributed by atoms with E-state index in [0.29, 0.717) is 18.0 Å². The molecule has 4 amide bonds. The fourth-order valence-corrected chi connectivity index (χ4v) is 5.49. The van der Waals surface area contributed by atoms with Crippen molar-refractivity contribution >= 4 is 17.8 Å². The van der Waals surface area contributed by atoms with Crippen molar-refractivity contribution in [2.75, 3.05) is 27.4 Å². The standard InChI is InChI=1S/C26H29N3O5/c1-33-21-14-18-12-13-27(23(17-8-4-3-5-9-17)20(18)15-22(21)34-2)16-28-24(30)25(31)29(26(28)32)19-10-6-7-11-19/h3-5,8-9,14-15,19,23H,6-7,10-13,16H2,1-2H3. The van der Waals surface area contributed by atoms with E-state index < -0.39 is 17.8 Å². The molecule has 0 spiro atoms. The number of imide groups is 2. The zero-order valence-electron chi connectivity index (χ0n) is 19.5. The fourth-order valence-electron chi connectivity index (χ4n) is 5.49. The first-order valence-corrected chi connectivity index (χ1v) is 11.8. The molecular weight excluding hydrogens is 434 g/mol. The maximum atomic E-state index is 13.2. The van der Waals surface area contributed by atoms with Crippen LogP contribution in [0.3, 0.4) is 0 Å². The van der Waals surface area contributed by atoms with Gasteiger partial charge >= 0.3 is 17.8 Å². The number of carbonyl (C=O) groups excluding carboxylic acids is 3. The minimum Gasteiger partial charge on any atom is -0.493 e. The Morgan fingerprint density at radius 1 is 0.912 bits per heavy atom. The van der Waals surface area contributed by atoms with Crippen LogP contribution in [0, 0.1) is 0 Å². The van der Waals surface area contributed by atoms with Crippen molar-refractivity contribution < 1.29 is 23.9 Å². The monoisotopic (exact) mass is 463 g/mol. The van der Waals surface area contributed by atoms with E-state index in [9.17, 15) is 14.4 Å². The van der Waals surface area contributed by atoms with Gasteiger partial charge < -0.3 is 9.47 Å². The summed E-state index contributed by atoms with van der Waals surface area (Å²) in [5, 5.41) is 0. The second-order valence-electron chi connectivity index (χ2n) is 9.05. The molecule has 0 bridgehead atoms. The number of nitrogens with zero attached hydrogens (tertiary/aromatic N) is 3. The number of carbonyl (C=O) groups is 3. The molecule has 34 heavy (non-hydrogen) atoms. The largest absolute Gasteiger partial charge is 0.493 e. The number of methoxy groups -OCH3 is 2. The number of ether oxygens (including phenoxy) is 2. The lowest BCUT2D eigenvalue weighted by molar-refractivity contribution is -0.144. The molecule has 0 radical (unpaired) electrons. The predicted octanol–water partition coefficient (Wildman–Crippen LogP) is 3.34. The summed E-state index contributed by atoms with van der Waals surface area (Å²) in [6.45, 7) is 0.677. The zero-order valence-corrected chi connectivity index (χ0v) is 19.5. The number of hydrogen-bond donors (Lipinski definition) is 0. The molecule has 1 aliphatic carbocycles. The summed E-state index contributed by atoms with van der Waals surface area (Å²) >= 11 is 0. The fraction of sp³-hybridized carbons (Fsp3) is 0.423. The van der Waals surface area contributed by atoms with Gasteiger partial charge in [0.05, 0.1) is 26.9 Å². The van der Waals surface area contributed by atoms with Crippen LogP contribution in [0.25, 0.3) is 0 Å². The van der Waals surface area contributed by atoms with Crippen molar-refractivity contribution in [2.24, 2.45) is 0 Å². The number of rotatable bonds is 6. The Labute approximate surface area is 199 Å². The average Bonchev–Trinajstić information content (AvgIpc) is 3.46. The molecule has 5 rings (SSSR count). The summed E-state index contributed by atoms with van der Waals surface area (Å²) in [5.41, 5.74) is 3.20. The Hall–Kier alpha value is -3.39. The summed E-state index contributed by atoms with van der Waals surface area (Å²) in [7, 11) is 3.22. The molecule has 8 nitrogen and oxygen atoms in total. The van der Waals surface area contributed by atoms with Crippen LogP contribution in [0.4, 0.5) is 4.79 Å². The smallest absolute Gasteiger partial charge is 0.335 e. The number of benzene rings is 2. The number of hydrogen-bond acceptors (Lipinski definition) is 6. The van der Waals surface area contributed by atoms with E-state index in [0.717, 1.165) is 53.7 Å². The van der Waals surface area contributed by atoms with Gasteiger partial charge in [0, 0.05) is 12.6 Å². The lowest BCUT2D eigenvalue weighted by atomic mass is 9.88. The Kier molecular flexibility index (Phi) is 6.00. The highest BCUT2D eigenvalue weighted by Crippen LogP contribution is 2.41. The predicted molar refractivity (Wildman–Crippen MR) is 124 cm³/mol. The molecule has 2 aliphatic heterocycles. The first kappa shape index (κ1) is 22.4. The minimum absolute atomic E-state index is 0.0555. The summed E-state index contributed by atoms with van der Waals surface area (Å²) in [6.07, 6.45) is 4.20. The first-order chi connectivity index (χ1) is 16.5. The topological polar surface area (TPSA) is 79.4 Å². The van der Waals surface area contributed by atoms with Crippen LogP contribution in [0.2, 0.25) is 0 Å². The molecule has 2 fully saturated rings. The van der Waals surface area contributed by atoms with Gasteiger partial charge in [-0.25, -0.2) is 9.69 Å². The number of amides is 4. The Morgan fingerprint density at radius 3 is 2.26 bits per heavy atom. The molecule has 0 aromatic heterocycles. The molecule has 1 saturated heterocycles. The van der Waals surface area contributed by atoms with Crippen molar-refractivity contribution in [3.8, 4) is 11.5 Å². The van der Waals surface area contributed by atoms with Gasteiger partial charge in [0.15, 0.2) is 11.5 Å². The van der Waals surface area contributed by atoms with Crippen LogP contribution in [-0.4, -0.2) is 66.0 Å². The SMILES string of the molecule is COc1cc2c(cc1OC)C(c1ccccc1)N(CN1C(=O)C(=O)N(C3CCCC3)C1=O)CC2. The van der Waals surface area contributed by atoms with Crippen LogP contribution < -0.4 is 9.47 Å². The molecule has 8 heteroatoms. The van der Waals surface area contributed by atoms with E-state index >= 15 is 0 Å². The van der Waals surface area contributed by atoms with E-state index in [4.69, 9.17) is 9.47 Å². The highest BCUT2D eigenvalue weighted by atomic mass is 16.5. The van der Waals surface area contributed by atoms with Crippen LogP contribution in [0.1, 0.15) is 48.4 Å². The van der Waals surface area contributed by atoms with Gasteiger partial charge in [0.25, 0.3) is 0 Å². The van der Waals surface area contributed by atoms with E-state index in [1.165, 1.54) is 4.90 Å². The van der Waals surface area contributed by atoms with Gasteiger partial charge in [-0.15, -0.1) is 0 Å². The molecule has 2 aromatic carbocycles. The van der Waals surface area contributed by atoms with E-state index in [1.807, 2.05) is 42.5 Å². The summed E-state index contributed by atoms with van der Waals surface area (Å²) < 4.78 is 11.1. The molecule has 3 aliphatic rings. The second kappa shape index (κ2) is 9.10. The zero-order chi connectivity index (χ0) is 23.8. The van der Waals surface area contributed by atoms with Crippen molar-refractivity contribution in [1.82, 2.24) is 14.7 Å². The molecule has 1 unspecified atom stereocenters. The Morgan fingerprint density at radius 2 is 1.59 bits per heavy atom. The van der Waals surface area contributed by atoms with E-state index in [1.54, 1.807) is 14.2 Å². The van der Waals surface area contributed by atoms with Crippen LogP contribution in [0.5, 0.6) is 11.5 Å². The second-order valence-corrected chi connectivity index (χ2v) is 9.05. The van der Waals surface area contributed by atoms with Crippen LogP contribution >= 0.6 is 0 Å². The lowest BCUT2D eigenvalue weighted by Gasteiger charge is -2.39. The lowest BCUT2D eigenvalue weighted by Crippen LogP contribution is -2.47. The third-order valence-corrected chi connectivity index (χ3v) is 7.19. The third-order valence-electron chi connectivity index (χ3n) is 7.19. The maximum Gasteiger partial charge on any atom is 0.335 e. The molecule has 178 valence electrons. The van der Waals surface area contributed by atoms with Gasteiger partial charge in [-0.1, -0.05) is 43.2 Å². The normalized spacial score (nSPS) is 21.4. The molecule has 2 heterocycles. The Bertz CT molecular complexity index is 1110. The number of urea groups is 1. The highest BCUT2D eigenvalue weighted by molar-refractivity contribution is 6.44. The van der Waals surface area contributed by atoms with Gasteiger partial charge in [0.2, 0.25) is 0 Å². The van der Waals surface area contributed by atoms with Crippen molar-refractivity contribution in [2.45, 2.75) is 44.2 Å². The maximum absolute atomic E-state index is 13.2. The third kappa shape index (κ3) is 3.72. The molecule has 0 N–H and O–H groups in total. The van der Waals surface area contributed by atoms with Gasteiger partial charge in [-0.2, -0.15) is 0 Å². The van der Waals surface area contributed by atoms with Crippen molar-refractivity contribution in [3.63, 3.8) is 0 Å². The molecule has 2 aromatic rings. The molecular formula is C26H29N3O5. The van der Waals surface area contributed by atoms with Crippen molar-refractivity contribution in [3.05, 3.63) is 59.2 Å². The average molecular weight is 464 g/mol. The van der Waals surface area contributed by atoms with E-state index in [-0.39, 0.29) is 18.8 Å². The van der Waals surface area contributed by atoms with Gasteiger partial charge in [-0.3, -0.25) is 19.4 Å². The van der Waals surface area contributed by atoms with Crippen LogP contribution in [-0.2, 0) is 16.0 Å². The summed E-state index contributed by atoms with van der Waals surface area (Å²) in [4.78, 5) is 43.2. The minimum atomic E-state index is -0.734. The summed E-state index contributed by atoms with van der Waals surface area (Å²) in [5.74, 6) is -0.136. The number of fused-ring (bicyclic) bond motifs is 1. The molecule has 1 atom stereocenters. The van der Waals surface area contributed by atoms with Crippen molar-refractivity contribution in [1.29, 1.82) is 0 Å². The van der Waals surface area contributed by atoms with Gasteiger partial charge in [-0.05, 0) is 48.1 Å². The van der Waals surface area contributed by atoms with E-state index in [2.05, 4.69) is 4.90 Å². The summed E-state index contributed by atoms with van der Waals surface area (Å²) in [6, 6.07) is 13.1. The first-order valence-electron chi connectivity index (χ1n) is 11.8. The highest BCUT2D eigenvalue weighted by Gasteiger charge is 2.49. The molecule has 1 saturated carbocycles. The quantitative estimate of drug-likeness (QED) is 0.483. The Balaban J connectivity index is 1.49. The van der Waals surface area contributed by atoms with Crippen LogP contribution in [0.15, 0.2) is 42.5 Å². The van der Waals surface area contributed by atoms with Gasteiger partial charge in [0.1, 0.15) is 0 Å².